The van der Waals surface area contributed by atoms with Crippen molar-refractivity contribution in [3.8, 4) is 5.75 Å². The molecule has 2 aromatic rings. The van der Waals surface area contributed by atoms with Crippen LogP contribution in [0.2, 0.25) is 0 Å². The van der Waals surface area contributed by atoms with Crippen molar-refractivity contribution in [2.45, 2.75) is 13.5 Å². The van der Waals surface area contributed by atoms with E-state index >= 15 is 0 Å². The molecule has 0 aliphatic carbocycles. The van der Waals surface area contributed by atoms with Crippen LogP contribution in [0.1, 0.15) is 21.5 Å². The van der Waals surface area contributed by atoms with Crippen LogP contribution in [0.3, 0.4) is 0 Å². The number of rotatable bonds is 4. The van der Waals surface area contributed by atoms with Crippen LogP contribution in [0, 0.1) is 6.92 Å². The van der Waals surface area contributed by atoms with Gasteiger partial charge in [-0.25, -0.2) is 0 Å². The number of ether oxygens (including phenoxy) is 1. The zero-order chi connectivity index (χ0) is 16.9. The van der Waals surface area contributed by atoms with Gasteiger partial charge in [-0.3, -0.25) is 9.69 Å². The fraction of sp³-hybridized carbons (Fsp3) is 0.350. The van der Waals surface area contributed by atoms with E-state index in [1.54, 1.807) is 7.11 Å². The van der Waals surface area contributed by atoms with Gasteiger partial charge in [0.05, 0.1) is 7.11 Å². The van der Waals surface area contributed by atoms with Gasteiger partial charge in [0.15, 0.2) is 0 Å². The monoisotopic (exact) mass is 324 g/mol. The van der Waals surface area contributed by atoms with Crippen LogP contribution in [0.4, 0.5) is 0 Å². The van der Waals surface area contributed by atoms with Crippen molar-refractivity contribution in [1.29, 1.82) is 0 Å². The van der Waals surface area contributed by atoms with Crippen molar-refractivity contribution in [2.24, 2.45) is 0 Å². The highest BCUT2D eigenvalue weighted by atomic mass is 16.5. The molecule has 0 atom stereocenters. The lowest BCUT2D eigenvalue weighted by atomic mass is 10.1. The summed E-state index contributed by atoms with van der Waals surface area (Å²) in [7, 11) is 1.68. The van der Waals surface area contributed by atoms with E-state index in [1.165, 1.54) is 5.56 Å². The maximum atomic E-state index is 12.6. The van der Waals surface area contributed by atoms with E-state index < -0.39 is 0 Å². The maximum absolute atomic E-state index is 12.6. The fourth-order valence-corrected chi connectivity index (χ4v) is 3.06. The minimum Gasteiger partial charge on any atom is -0.497 e. The van der Waals surface area contributed by atoms with Crippen LogP contribution in [0.15, 0.2) is 48.5 Å². The summed E-state index contributed by atoms with van der Waals surface area (Å²) in [6, 6.07) is 16.0. The Morgan fingerprint density at radius 1 is 1.04 bits per heavy atom. The second-order valence-corrected chi connectivity index (χ2v) is 6.29. The Kier molecular flexibility index (Phi) is 5.16. The summed E-state index contributed by atoms with van der Waals surface area (Å²) in [6.07, 6.45) is 0. The van der Waals surface area contributed by atoms with Gasteiger partial charge in [0.25, 0.3) is 5.91 Å². The number of carbonyl (C=O) groups is 1. The lowest BCUT2D eigenvalue weighted by molar-refractivity contribution is 0.0628. The third kappa shape index (κ3) is 3.95. The van der Waals surface area contributed by atoms with Crippen LogP contribution in [-0.2, 0) is 6.54 Å². The molecule has 24 heavy (non-hydrogen) atoms. The van der Waals surface area contributed by atoms with Crippen LogP contribution >= 0.6 is 0 Å². The molecule has 1 heterocycles. The predicted octanol–water partition coefficient (Wildman–Crippen LogP) is 2.96. The van der Waals surface area contributed by atoms with Crippen LogP contribution in [-0.4, -0.2) is 49.0 Å². The minimum atomic E-state index is 0.141. The van der Waals surface area contributed by atoms with Gasteiger partial charge in [-0.15, -0.1) is 0 Å². The Morgan fingerprint density at radius 2 is 1.75 bits per heavy atom. The number of hydrogen-bond acceptors (Lipinski definition) is 3. The summed E-state index contributed by atoms with van der Waals surface area (Å²) < 4.78 is 5.19. The Morgan fingerprint density at radius 3 is 2.38 bits per heavy atom. The fourth-order valence-electron chi connectivity index (χ4n) is 3.06. The van der Waals surface area contributed by atoms with Crippen molar-refractivity contribution in [3.05, 3.63) is 65.2 Å². The highest BCUT2D eigenvalue weighted by Crippen LogP contribution is 2.15. The minimum absolute atomic E-state index is 0.141. The number of carbonyl (C=O) groups excluding carboxylic acids is 1. The van der Waals surface area contributed by atoms with Gasteiger partial charge < -0.3 is 9.64 Å². The second-order valence-electron chi connectivity index (χ2n) is 6.29. The van der Waals surface area contributed by atoms with E-state index in [0.717, 1.165) is 49.6 Å². The molecule has 1 saturated heterocycles. The Bertz CT molecular complexity index is 689. The number of methoxy groups -OCH3 is 1. The van der Waals surface area contributed by atoms with Crippen molar-refractivity contribution in [3.63, 3.8) is 0 Å². The Hall–Kier alpha value is -2.33. The van der Waals surface area contributed by atoms with Gasteiger partial charge in [-0.1, -0.05) is 29.8 Å². The van der Waals surface area contributed by atoms with Crippen molar-refractivity contribution in [2.75, 3.05) is 33.3 Å². The summed E-state index contributed by atoms with van der Waals surface area (Å²) in [5.41, 5.74) is 3.19. The Labute approximate surface area is 143 Å². The molecule has 1 amide bonds. The molecule has 1 aliphatic rings. The molecule has 4 nitrogen and oxygen atoms in total. The van der Waals surface area contributed by atoms with E-state index in [0.29, 0.717) is 0 Å². The van der Waals surface area contributed by atoms with Gasteiger partial charge in [0.2, 0.25) is 0 Å². The normalized spacial score (nSPS) is 15.3. The SMILES string of the molecule is COc1ccc(CN2CCN(C(=O)c3cccc(C)c3)CC2)cc1. The summed E-state index contributed by atoms with van der Waals surface area (Å²) in [5.74, 6) is 1.02. The van der Waals surface area contributed by atoms with Crippen LogP contribution in [0.5, 0.6) is 5.75 Å². The van der Waals surface area contributed by atoms with E-state index in [4.69, 9.17) is 4.74 Å². The maximum Gasteiger partial charge on any atom is 0.253 e. The van der Waals surface area contributed by atoms with E-state index in [2.05, 4.69) is 17.0 Å². The molecule has 0 radical (unpaired) electrons. The molecule has 0 unspecified atom stereocenters. The molecule has 1 fully saturated rings. The molecule has 0 saturated carbocycles. The summed E-state index contributed by atoms with van der Waals surface area (Å²) >= 11 is 0. The number of benzene rings is 2. The topological polar surface area (TPSA) is 32.8 Å². The first-order chi connectivity index (χ1) is 11.7. The average Bonchev–Trinajstić information content (AvgIpc) is 2.62. The first kappa shape index (κ1) is 16.5. The summed E-state index contributed by atoms with van der Waals surface area (Å²) in [5, 5.41) is 0. The first-order valence-corrected chi connectivity index (χ1v) is 8.37. The largest absolute Gasteiger partial charge is 0.497 e. The molecular formula is C20H24N2O2. The molecule has 0 bridgehead atoms. The highest BCUT2D eigenvalue weighted by molar-refractivity contribution is 5.94. The number of nitrogens with zero attached hydrogens (tertiary/aromatic N) is 2. The van der Waals surface area contributed by atoms with Crippen LogP contribution < -0.4 is 4.74 Å². The van der Waals surface area contributed by atoms with E-state index in [1.807, 2.05) is 48.2 Å². The van der Waals surface area contributed by atoms with Gasteiger partial charge in [-0.2, -0.15) is 0 Å². The number of amides is 1. The van der Waals surface area contributed by atoms with Crippen molar-refractivity contribution in [1.82, 2.24) is 9.80 Å². The molecule has 0 spiro atoms. The lowest BCUT2D eigenvalue weighted by Gasteiger charge is -2.34. The van der Waals surface area contributed by atoms with E-state index in [-0.39, 0.29) is 5.91 Å². The third-order valence-electron chi connectivity index (χ3n) is 4.49. The number of hydrogen-bond donors (Lipinski definition) is 0. The molecule has 4 heteroatoms. The first-order valence-electron chi connectivity index (χ1n) is 8.37. The predicted molar refractivity (Wildman–Crippen MR) is 95.4 cm³/mol. The van der Waals surface area contributed by atoms with Gasteiger partial charge in [0.1, 0.15) is 5.75 Å². The molecule has 126 valence electrons. The van der Waals surface area contributed by atoms with Crippen LogP contribution in [0.25, 0.3) is 0 Å². The molecule has 0 aromatic heterocycles. The number of aryl methyl sites for hydroxylation is 1. The van der Waals surface area contributed by atoms with Crippen molar-refractivity contribution >= 4 is 5.91 Å². The summed E-state index contributed by atoms with van der Waals surface area (Å²) in [6.45, 7) is 6.30. The van der Waals surface area contributed by atoms with E-state index in [9.17, 15) is 4.79 Å². The summed E-state index contributed by atoms with van der Waals surface area (Å²) in [4.78, 5) is 16.9. The quantitative estimate of drug-likeness (QED) is 0.867. The molecule has 2 aromatic carbocycles. The highest BCUT2D eigenvalue weighted by Gasteiger charge is 2.22. The number of piperazine rings is 1. The lowest BCUT2D eigenvalue weighted by Crippen LogP contribution is -2.48. The van der Waals surface area contributed by atoms with Crippen molar-refractivity contribution < 1.29 is 9.53 Å². The second kappa shape index (κ2) is 7.49. The van der Waals surface area contributed by atoms with Gasteiger partial charge in [0, 0.05) is 38.3 Å². The zero-order valence-corrected chi connectivity index (χ0v) is 14.4. The zero-order valence-electron chi connectivity index (χ0n) is 14.4. The van der Waals surface area contributed by atoms with Gasteiger partial charge in [-0.05, 0) is 36.8 Å². The standard InChI is InChI=1S/C20H24N2O2/c1-16-4-3-5-18(14-16)20(23)22-12-10-21(11-13-22)15-17-6-8-19(24-2)9-7-17/h3-9,14H,10-13,15H2,1-2H3. The van der Waals surface area contributed by atoms with Gasteiger partial charge >= 0.3 is 0 Å². The average molecular weight is 324 g/mol. The molecule has 1 aliphatic heterocycles. The molecule has 3 rings (SSSR count). The molecular weight excluding hydrogens is 300 g/mol. The third-order valence-corrected chi connectivity index (χ3v) is 4.49. The molecule has 0 N–H and O–H groups in total. The smallest absolute Gasteiger partial charge is 0.253 e. The Balaban J connectivity index is 1.54.